The quantitative estimate of drug-likeness (QED) is 0.146. The summed E-state index contributed by atoms with van der Waals surface area (Å²) >= 11 is 0. The van der Waals surface area contributed by atoms with Gasteiger partial charge in [-0.3, -0.25) is 0 Å². The van der Waals surface area contributed by atoms with Gasteiger partial charge in [-0.15, -0.1) is 0 Å². The van der Waals surface area contributed by atoms with Crippen molar-refractivity contribution in [1.82, 2.24) is 0 Å². The Balaban J connectivity index is 0.000000983. The number of carbonyl (C=O) groups excluding carboxylic acids is 3. The molecule has 4 rings (SSSR count). The highest BCUT2D eigenvalue weighted by Gasteiger charge is 2.23. The fraction of sp³-hybridized carbons (Fsp3) is 0.182. The highest BCUT2D eigenvalue weighted by atomic mass is 16.7. The molecule has 0 aliphatic rings. The second-order valence-electron chi connectivity index (χ2n) is 9.61. The monoisotopic (exact) mass is 524 g/mol. The molecule has 0 spiro atoms. The van der Waals surface area contributed by atoms with Crippen LogP contribution in [-0.4, -0.2) is 17.9 Å². The molecule has 0 aliphatic heterocycles. The van der Waals surface area contributed by atoms with Gasteiger partial charge >= 0.3 is 12.1 Å². The predicted molar refractivity (Wildman–Crippen MR) is 151 cm³/mol. The summed E-state index contributed by atoms with van der Waals surface area (Å²) < 4.78 is 16.0. The lowest BCUT2D eigenvalue weighted by Gasteiger charge is -2.26. The van der Waals surface area contributed by atoms with E-state index in [1.807, 2.05) is 18.2 Å². The fourth-order valence-corrected chi connectivity index (χ4v) is 3.63. The third-order valence-corrected chi connectivity index (χ3v) is 5.78. The Labute approximate surface area is 229 Å². The molecule has 0 saturated heterocycles. The first-order chi connectivity index (χ1) is 18.5. The van der Waals surface area contributed by atoms with Crippen LogP contribution in [0, 0.1) is 6.92 Å². The standard InChI is InChI=1S/C30H26O5.C3H6O/c1-21-12-14-23(15-13-21)30(2,3)24-16-18-25(19-17-24)34-29(32)35-27-11-7-10-26(20-27)33-28(31)22-8-5-4-6-9-22;1-3(2)4/h4-20H,1-3H3;1-2H3. The molecule has 200 valence electrons. The van der Waals surface area contributed by atoms with Crippen LogP contribution >= 0.6 is 0 Å². The molecule has 0 unspecified atom stereocenters. The number of esters is 1. The number of ketones is 1. The Morgan fingerprint density at radius 1 is 0.590 bits per heavy atom. The van der Waals surface area contributed by atoms with Gasteiger partial charge in [0.25, 0.3) is 0 Å². The summed E-state index contributed by atoms with van der Waals surface area (Å²) in [6.07, 6.45) is -0.887. The van der Waals surface area contributed by atoms with Crippen LogP contribution in [0.5, 0.6) is 17.2 Å². The van der Waals surface area contributed by atoms with E-state index >= 15 is 0 Å². The van der Waals surface area contributed by atoms with Crippen molar-refractivity contribution in [3.05, 3.63) is 125 Å². The van der Waals surface area contributed by atoms with Gasteiger partial charge in [-0.25, -0.2) is 9.59 Å². The molecule has 0 bridgehead atoms. The highest BCUT2D eigenvalue weighted by molar-refractivity contribution is 5.91. The van der Waals surface area contributed by atoms with Gasteiger partial charge in [0.15, 0.2) is 0 Å². The van der Waals surface area contributed by atoms with E-state index in [4.69, 9.17) is 14.2 Å². The van der Waals surface area contributed by atoms with E-state index in [2.05, 4.69) is 45.0 Å². The van der Waals surface area contributed by atoms with Crippen molar-refractivity contribution >= 4 is 17.9 Å². The van der Waals surface area contributed by atoms with E-state index in [0.717, 1.165) is 5.56 Å². The summed E-state index contributed by atoms with van der Waals surface area (Å²) in [5.41, 5.74) is 3.72. The smallest absolute Gasteiger partial charge is 0.423 e. The lowest BCUT2D eigenvalue weighted by atomic mass is 9.78. The van der Waals surface area contributed by atoms with Crippen molar-refractivity contribution < 1.29 is 28.6 Å². The summed E-state index contributed by atoms with van der Waals surface area (Å²) in [5.74, 6) is 0.487. The molecule has 39 heavy (non-hydrogen) atoms. The van der Waals surface area contributed by atoms with Crippen molar-refractivity contribution in [2.45, 2.75) is 40.0 Å². The molecule has 0 aromatic heterocycles. The molecule has 0 aliphatic carbocycles. The zero-order valence-electron chi connectivity index (χ0n) is 22.8. The Morgan fingerprint density at radius 2 is 1.08 bits per heavy atom. The average molecular weight is 525 g/mol. The molecule has 0 atom stereocenters. The van der Waals surface area contributed by atoms with Crippen molar-refractivity contribution in [2.24, 2.45) is 0 Å². The van der Waals surface area contributed by atoms with Crippen molar-refractivity contribution in [2.75, 3.05) is 0 Å². The Hall–Kier alpha value is -4.71. The third-order valence-electron chi connectivity index (χ3n) is 5.78. The Kier molecular flexibility index (Phi) is 9.76. The number of benzene rings is 4. The first kappa shape index (κ1) is 28.9. The fourth-order valence-electron chi connectivity index (χ4n) is 3.63. The van der Waals surface area contributed by atoms with Gasteiger partial charge < -0.3 is 19.0 Å². The maximum atomic E-state index is 12.3. The predicted octanol–water partition coefficient (Wildman–Crippen LogP) is 7.71. The first-order valence-electron chi connectivity index (χ1n) is 12.5. The second kappa shape index (κ2) is 13.2. The molecular formula is C33H32O6. The van der Waals surface area contributed by atoms with Crippen LogP contribution in [0.2, 0.25) is 0 Å². The van der Waals surface area contributed by atoms with E-state index in [1.54, 1.807) is 54.6 Å². The first-order valence-corrected chi connectivity index (χ1v) is 12.5. The Morgan fingerprint density at radius 3 is 1.64 bits per heavy atom. The molecule has 6 nitrogen and oxygen atoms in total. The molecule has 6 heteroatoms. The van der Waals surface area contributed by atoms with Crippen LogP contribution in [0.15, 0.2) is 103 Å². The number of carbonyl (C=O) groups is 3. The molecule has 4 aromatic rings. The van der Waals surface area contributed by atoms with Gasteiger partial charge in [0.2, 0.25) is 0 Å². The summed E-state index contributed by atoms with van der Waals surface area (Å²) in [6, 6.07) is 30.7. The zero-order chi connectivity index (χ0) is 28.4. The van der Waals surface area contributed by atoms with Gasteiger partial charge in [0.05, 0.1) is 5.56 Å². The molecule has 0 N–H and O–H groups in total. The van der Waals surface area contributed by atoms with Crippen LogP contribution in [0.1, 0.15) is 54.7 Å². The van der Waals surface area contributed by atoms with Crippen LogP contribution < -0.4 is 14.2 Å². The van der Waals surface area contributed by atoms with E-state index in [0.29, 0.717) is 11.3 Å². The maximum Gasteiger partial charge on any atom is 0.519 e. The van der Waals surface area contributed by atoms with E-state index in [-0.39, 0.29) is 22.7 Å². The van der Waals surface area contributed by atoms with Gasteiger partial charge in [-0.2, -0.15) is 0 Å². The maximum absolute atomic E-state index is 12.3. The minimum atomic E-state index is -0.887. The van der Waals surface area contributed by atoms with Crippen LogP contribution in [0.4, 0.5) is 4.79 Å². The Bertz CT molecular complexity index is 1400. The largest absolute Gasteiger partial charge is 0.519 e. The van der Waals surface area contributed by atoms with Crippen LogP contribution in [0.3, 0.4) is 0 Å². The average Bonchev–Trinajstić information content (AvgIpc) is 2.89. The number of hydrogen-bond donors (Lipinski definition) is 0. The highest BCUT2D eigenvalue weighted by Crippen LogP contribution is 2.32. The van der Waals surface area contributed by atoms with Gasteiger partial charge in [0, 0.05) is 11.5 Å². The number of hydrogen-bond acceptors (Lipinski definition) is 6. The zero-order valence-corrected chi connectivity index (χ0v) is 22.8. The number of Topliss-reactive ketones (excluding diaryl/α,β-unsaturated/α-hetero) is 1. The number of aryl methyl sites for hydroxylation is 1. The van der Waals surface area contributed by atoms with Gasteiger partial charge in [0.1, 0.15) is 23.0 Å². The van der Waals surface area contributed by atoms with Gasteiger partial charge in [-0.1, -0.05) is 80.1 Å². The SMILES string of the molecule is CC(C)=O.Cc1ccc(C(C)(C)c2ccc(OC(=O)Oc3cccc(OC(=O)c4ccccc4)c3)cc2)cc1. The van der Waals surface area contributed by atoms with Crippen molar-refractivity contribution in [1.29, 1.82) is 0 Å². The van der Waals surface area contributed by atoms with E-state index in [1.165, 1.54) is 31.0 Å². The molecule has 0 fully saturated rings. The van der Waals surface area contributed by atoms with Gasteiger partial charge in [-0.05, 0) is 68.3 Å². The summed E-state index contributed by atoms with van der Waals surface area (Å²) in [4.78, 5) is 34.0. The molecule has 0 amide bonds. The summed E-state index contributed by atoms with van der Waals surface area (Å²) in [7, 11) is 0. The molecule has 0 heterocycles. The van der Waals surface area contributed by atoms with E-state index in [9.17, 15) is 14.4 Å². The van der Waals surface area contributed by atoms with Crippen LogP contribution in [-0.2, 0) is 10.2 Å². The minimum Gasteiger partial charge on any atom is -0.423 e. The molecular weight excluding hydrogens is 492 g/mol. The second-order valence-corrected chi connectivity index (χ2v) is 9.61. The molecule has 0 saturated carbocycles. The summed E-state index contributed by atoms with van der Waals surface area (Å²) in [6.45, 7) is 9.42. The normalized spacial score (nSPS) is 10.5. The lowest BCUT2D eigenvalue weighted by molar-refractivity contribution is -0.115. The topological polar surface area (TPSA) is 78.9 Å². The van der Waals surface area contributed by atoms with Crippen molar-refractivity contribution in [3.63, 3.8) is 0 Å². The van der Waals surface area contributed by atoms with Crippen LogP contribution in [0.25, 0.3) is 0 Å². The molecule has 4 aromatic carbocycles. The number of rotatable bonds is 6. The summed E-state index contributed by atoms with van der Waals surface area (Å²) in [5, 5.41) is 0. The third kappa shape index (κ3) is 8.68. The van der Waals surface area contributed by atoms with E-state index < -0.39 is 12.1 Å². The minimum absolute atomic E-state index is 0.167. The lowest BCUT2D eigenvalue weighted by Crippen LogP contribution is -2.19. The molecule has 0 radical (unpaired) electrons. The van der Waals surface area contributed by atoms with Crippen molar-refractivity contribution in [3.8, 4) is 17.2 Å². The number of ether oxygens (including phenoxy) is 3.